The number of aryl methyl sites for hydroxylation is 2. The van der Waals surface area contributed by atoms with E-state index in [1.54, 1.807) is 18.5 Å². The van der Waals surface area contributed by atoms with E-state index in [0.29, 0.717) is 10.6 Å². The number of imidazole rings is 1. The van der Waals surface area contributed by atoms with Gasteiger partial charge in [0.15, 0.2) is 6.29 Å². The van der Waals surface area contributed by atoms with Gasteiger partial charge in [0.2, 0.25) is 0 Å². The Balaban J connectivity index is 2.22. The Morgan fingerprint density at radius 2 is 1.90 bits per heavy atom. The van der Waals surface area contributed by atoms with Crippen LogP contribution in [-0.4, -0.2) is 15.8 Å². The Morgan fingerprint density at radius 3 is 2.60 bits per heavy atom. The second-order valence-corrected chi connectivity index (χ2v) is 5.27. The standard InChI is InChI=1S/C16H13ClN2O/c1-10-5-15-16(6-11(10)2)19(9-18-15)13-4-3-12(8-20)14(17)7-13/h3-9H,1-2H3. The number of hydrogen-bond acceptors (Lipinski definition) is 2. The first-order chi connectivity index (χ1) is 9.60. The van der Waals surface area contributed by atoms with Crippen LogP contribution in [0.2, 0.25) is 5.02 Å². The monoisotopic (exact) mass is 284 g/mol. The largest absolute Gasteiger partial charge is 0.299 e. The van der Waals surface area contributed by atoms with Crippen LogP contribution in [0.5, 0.6) is 0 Å². The van der Waals surface area contributed by atoms with Crippen molar-refractivity contribution in [1.82, 2.24) is 9.55 Å². The van der Waals surface area contributed by atoms with Crippen LogP contribution < -0.4 is 0 Å². The van der Waals surface area contributed by atoms with Crippen molar-refractivity contribution in [3.63, 3.8) is 0 Å². The summed E-state index contributed by atoms with van der Waals surface area (Å²) in [4.78, 5) is 15.2. The molecule has 2 aromatic carbocycles. The normalized spacial score (nSPS) is 10.9. The average molecular weight is 285 g/mol. The van der Waals surface area contributed by atoms with Gasteiger partial charge in [0.25, 0.3) is 0 Å². The minimum absolute atomic E-state index is 0.447. The highest BCUT2D eigenvalue weighted by atomic mass is 35.5. The van der Waals surface area contributed by atoms with Gasteiger partial charge >= 0.3 is 0 Å². The van der Waals surface area contributed by atoms with E-state index in [1.165, 1.54) is 11.1 Å². The SMILES string of the molecule is Cc1cc2ncn(-c3ccc(C=O)c(Cl)c3)c2cc1C. The summed E-state index contributed by atoms with van der Waals surface area (Å²) < 4.78 is 1.97. The van der Waals surface area contributed by atoms with Crippen LogP contribution in [-0.2, 0) is 0 Å². The van der Waals surface area contributed by atoms with Crippen molar-refractivity contribution in [2.24, 2.45) is 0 Å². The molecule has 0 aliphatic carbocycles. The highest BCUT2D eigenvalue weighted by Crippen LogP contribution is 2.24. The van der Waals surface area contributed by atoms with Gasteiger partial charge in [-0.05, 0) is 55.3 Å². The number of aldehydes is 1. The van der Waals surface area contributed by atoms with E-state index < -0.39 is 0 Å². The van der Waals surface area contributed by atoms with Crippen molar-refractivity contribution in [2.75, 3.05) is 0 Å². The molecule has 0 saturated heterocycles. The molecular weight excluding hydrogens is 272 g/mol. The maximum absolute atomic E-state index is 10.8. The molecule has 20 heavy (non-hydrogen) atoms. The van der Waals surface area contributed by atoms with Gasteiger partial charge in [-0.3, -0.25) is 9.36 Å². The van der Waals surface area contributed by atoms with E-state index in [-0.39, 0.29) is 0 Å². The number of fused-ring (bicyclic) bond motifs is 1. The summed E-state index contributed by atoms with van der Waals surface area (Å²) in [6.07, 6.45) is 2.53. The van der Waals surface area contributed by atoms with Crippen LogP contribution in [0.1, 0.15) is 21.5 Å². The summed E-state index contributed by atoms with van der Waals surface area (Å²) in [7, 11) is 0. The average Bonchev–Trinajstić information content (AvgIpc) is 2.82. The molecule has 4 heteroatoms. The van der Waals surface area contributed by atoms with Crippen LogP contribution in [0.3, 0.4) is 0 Å². The van der Waals surface area contributed by atoms with Crippen LogP contribution in [0.15, 0.2) is 36.7 Å². The van der Waals surface area contributed by atoms with Gasteiger partial charge in [0.1, 0.15) is 6.33 Å². The van der Waals surface area contributed by atoms with E-state index in [1.807, 2.05) is 10.6 Å². The van der Waals surface area contributed by atoms with Crippen molar-refractivity contribution in [1.29, 1.82) is 0 Å². The number of nitrogens with zero attached hydrogens (tertiary/aromatic N) is 2. The lowest BCUT2D eigenvalue weighted by molar-refractivity contribution is 0.112. The minimum Gasteiger partial charge on any atom is -0.299 e. The van der Waals surface area contributed by atoms with E-state index in [0.717, 1.165) is 23.0 Å². The first-order valence-electron chi connectivity index (χ1n) is 6.29. The molecule has 3 nitrogen and oxygen atoms in total. The quantitative estimate of drug-likeness (QED) is 0.664. The maximum atomic E-state index is 10.8. The highest BCUT2D eigenvalue weighted by molar-refractivity contribution is 6.33. The lowest BCUT2D eigenvalue weighted by Crippen LogP contribution is -1.94. The van der Waals surface area contributed by atoms with Crippen molar-refractivity contribution in [3.8, 4) is 5.69 Å². The van der Waals surface area contributed by atoms with Crippen LogP contribution in [0.4, 0.5) is 0 Å². The zero-order valence-electron chi connectivity index (χ0n) is 11.2. The topological polar surface area (TPSA) is 34.9 Å². The van der Waals surface area contributed by atoms with Crippen LogP contribution in [0, 0.1) is 13.8 Å². The molecule has 100 valence electrons. The first kappa shape index (κ1) is 12.9. The Hall–Kier alpha value is -2.13. The molecular formula is C16H13ClN2O. The second-order valence-electron chi connectivity index (χ2n) is 4.86. The molecule has 0 atom stereocenters. The number of carbonyl (C=O) groups is 1. The van der Waals surface area contributed by atoms with Gasteiger partial charge in [-0.1, -0.05) is 11.6 Å². The third-order valence-electron chi connectivity index (χ3n) is 3.55. The number of rotatable bonds is 2. The number of benzene rings is 2. The third-order valence-corrected chi connectivity index (χ3v) is 3.88. The van der Waals surface area contributed by atoms with Gasteiger partial charge in [0.05, 0.1) is 16.1 Å². The molecule has 0 unspecified atom stereocenters. The fourth-order valence-electron chi connectivity index (χ4n) is 2.23. The van der Waals surface area contributed by atoms with Gasteiger partial charge in [0, 0.05) is 11.3 Å². The predicted octanol–water partition coefficient (Wildman–Crippen LogP) is 4.11. The summed E-state index contributed by atoms with van der Waals surface area (Å²) in [6, 6.07) is 9.55. The molecule has 0 saturated carbocycles. The van der Waals surface area contributed by atoms with Gasteiger partial charge in [-0.2, -0.15) is 0 Å². The molecule has 0 amide bonds. The van der Waals surface area contributed by atoms with E-state index in [9.17, 15) is 4.79 Å². The Morgan fingerprint density at radius 1 is 1.15 bits per heavy atom. The van der Waals surface area contributed by atoms with Crippen molar-refractivity contribution in [3.05, 3.63) is 58.4 Å². The fourth-order valence-corrected chi connectivity index (χ4v) is 2.45. The highest BCUT2D eigenvalue weighted by Gasteiger charge is 2.08. The van der Waals surface area contributed by atoms with Crippen molar-refractivity contribution in [2.45, 2.75) is 13.8 Å². The smallest absolute Gasteiger partial charge is 0.151 e. The summed E-state index contributed by atoms with van der Waals surface area (Å²) in [5.41, 5.74) is 5.80. The second kappa shape index (κ2) is 4.76. The molecule has 0 radical (unpaired) electrons. The van der Waals surface area contributed by atoms with E-state index in [4.69, 9.17) is 11.6 Å². The maximum Gasteiger partial charge on any atom is 0.151 e. The summed E-state index contributed by atoms with van der Waals surface area (Å²) in [6.45, 7) is 4.15. The summed E-state index contributed by atoms with van der Waals surface area (Å²) in [5.74, 6) is 0. The Labute approximate surface area is 121 Å². The molecule has 0 spiro atoms. The first-order valence-corrected chi connectivity index (χ1v) is 6.67. The van der Waals surface area contributed by atoms with Gasteiger partial charge < -0.3 is 0 Å². The molecule has 3 aromatic rings. The Kier molecular flexibility index (Phi) is 3.07. The zero-order valence-corrected chi connectivity index (χ0v) is 12.0. The molecule has 1 heterocycles. The predicted molar refractivity (Wildman–Crippen MR) is 80.9 cm³/mol. The van der Waals surface area contributed by atoms with E-state index in [2.05, 4.69) is 31.0 Å². The lowest BCUT2D eigenvalue weighted by Gasteiger charge is -2.07. The molecule has 0 N–H and O–H groups in total. The Bertz CT molecular complexity index is 821. The van der Waals surface area contributed by atoms with Gasteiger partial charge in [-0.25, -0.2) is 4.98 Å². The zero-order chi connectivity index (χ0) is 14.3. The molecule has 3 rings (SSSR count). The molecule has 0 bridgehead atoms. The van der Waals surface area contributed by atoms with Crippen LogP contribution in [0.25, 0.3) is 16.7 Å². The number of carbonyl (C=O) groups excluding carboxylic acids is 1. The number of halogens is 1. The number of aromatic nitrogens is 2. The molecule has 0 aliphatic rings. The van der Waals surface area contributed by atoms with Crippen molar-refractivity contribution >= 4 is 28.9 Å². The summed E-state index contributed by atoms with van der Waals surface area (Å²) >= 11 is 6.09. The lowest BCUT2D eigenvalue weighted by atomic mass is 10.1. The molecule has 0 aliphatic heterocycles. The van der Waals surface area contributed by atoms with E-state index >= 15 is 0 Å². The number of hydrogen-bond donors (Lipinski definition) is 0. The minimum atomic E-state index is 0.447. The molecule has 1 aromatic heterocycles. The van der Waals surface area contributed by atoms with Gasteiger partial charge in [-0.15, -0.1) is 0 Å². The molecule has 0 fully saturated rings. The summed E-state index contributed by atoms with van der Waals surface area (Å²) in [5, 5.41) is 0.447. The third kappa shape index (κ3) is 2.00. The fraction of sp³-hybridized carbons (Fsp3) is 0.125. The van der Waals surface area contributed by atoms with Crippen molar-refractivity contribution < 1.29 is 4.79 Å². The van der Waals surface area contributed by atoms with Crippen LogP contribution >= 0.6 is 11.6 Å².